The Kier molecular flexibility index (Phi) is 2.31. The number of hydrogen-bond acceptors (Lipinski definition) is 2. The average Bonchev–Trinajstić information content (AvgIpc) is 4.13. The van der Waals surface area contributed by atoms with Gasteiger partial charge in [-0.05, 0) is 0 Å². The Labute approximate surface area is 294 Å². The standard InChI is InChI=1S/C41H39N2P2.C5H5.Fe/c44-25-40(32-19-26-18-27(21-32)22-33(40)20-26)34-23-31(28-8-2-1-3-9-28)24-35(34)41(45,38-16-14-29-10-4-6-12-36(29)42-38)39-17-15-30-11-5-7-13-37(30)43-39;1-2-4-5-3-1;/h1-17,23-24,26-27,32-33H,18-22,25,44-45H2;1-5H;. The Morgan fingerprint density at radius 3 is 1.63 bits per heavy atom. The summed E-state index contributed by atoms with van der Waals surface area (Å²) in [5, 5.41) is 2.28. The first-order valence-corrected chi connectivity index (χ1v) is 27.8. The van der Waals surface area contributed by atoms with Crippen LogP contribution in [0.25, 0.3) is 21.8 Å². The summed E-state index contributed by atoms with van der Waals surface area (Å²) in [7, 11) is 7.39. The minimum absolute atomic E-state index is 0.255. The van der Waals surface area contributed by atoms with Crippen molar-refractivity contribution < 1.29 is 6.51 Å². The van der Waals surface area contributed by atoms with Crippen LogP contribution in [0.3, 0.4) is 0 Å². The summed E-state index contributed by atoms with van der Waals surface area (Å²) in [5.41, 5.74) is 7.35. The summed E-state index contributed by atoms with van der Waals surface area (Å²) in [5.74, 6) is 3.90. The monoisotopic (exact) mass is 742 g/mol. The summed E-state index contributed by atoms with van der Waals surface area (Å²) in [4.78, 5) is 19.4. The van der Waals surface area contributed by atoms with E-state index in [9.17, 15) is 0 Å². The van der Waals surface area contributed by atoms with Gasteiger partial charge in [-0.1, -0.05) is 0 Å². The van der Waals surface area contributed by atoms with Gasteiger partial charge in [-0.25, -0.2) is 0 Å². The van der Waals surface area contributed by atoms with Crippen LogP contribution in [0.4, 0.5) is 0 Å². The van der Waals surface area contributed by atoms with Gasteiger partial charge in [0.05, 0.1) is 0 Å². The quantitative estimate of drug-likeness (QED) is 0.128. The number of aromatic nitrogens is 2. The Morgan fingerprint density at radius 2 is 1.12 bits per heavy atom. The zero-order valence-electron chi connectivity index (χ0n) is 28.8. The first-order chi connectivity index (χ1) is 24.8. The third-order valence-corrected chi connectivity index (χ3v) is 71.9. The van der Waals surface area contributed by atoms with Crippen molar-refractivity contribution in [3.63, 3.8) is 0 Å². The van der Waals surface area contributed by atoms with E-state index in [1.165, 1.54) is 28.3 Å². The van der Waals surface area contributed by atoms with Crippen LogP contribution in [0.5, 0.6) is 0 Å². The zero-order valence-corrected chi connectivity index (χ0v) is 32.2. The molecule has 0 amide bonds. The molecule has 5 aromatic rings. The molecule has 3 aromatic carbocycles. The van der Waals surface area contributed by atoms with Gasteiger partial charge in [0.15, 0.2) is 0 Å². The summed E-state index contributed by atoms with van der Waals surface area (Å²) in [6.07, 6.45) is 9.09. The fourth-order valence-corrected chi connectivity index (χ4v) is 114. The van der Waals surface area contributed by atoms with Crippen molar-refractivity contribution in [2.24, 2.45) is 29.1 Å². The van der Waals surface area contributed by atoms with Gasteiger partial charge in [0.1, 0.15) is 0 Å². The van der Waals surface area contributed by atoms with Gasteiger partial charge in [0, 0.05) is 0 Å². The van der Waals surface area contributed by atoms with Crippen molar-refractivity contribution in [1.82, 2.24) is 9.97 Å². The van der Waals surface area contributed by atoms with Crippen molar-refractivity contribution in [2.45, 2.75) is 83.9 Å². The molecule has 2 aromatic heterocycles. The van der Waals surface area contributed by atoms with E-state index in [0.29, 0.717) is 18.4 Å². The van der Waals surface area contributed by atoms with Gasteiger partial charge in [-0.15, -0.1) is 0 Å². The van der Waals surface area contributed by atoms with E-state index in [4.69, 9.17) is 9.97 Å². The van der Waals surface area contributed by atoms with Crippen LogP contribution in [0.1, 0.15) is 49.1 Å². The van der Waals surface area contributed by atoms with Crippen LogP contribution in [0.2, 0.25) is 42.3 Å². The normalized spacial score (nSPS) is 63.1. The van der Waals surface area contributed by atoms with Crippen molar-refractivity contribution in [3.8, 4) is 0 Å². The van der Waals surface area contributed by atoms with E-state index in [2.05, 4.69) is 122 Å². The zero-order chi connectivity index (χ0) is 32.9. The van der Waals surface area contributed by atoms with Crippen LogP contribution >= 0.6 is 18.5 Å². The molecule has 51 heavy (non-hydrogen) atoms. The molecule has 2 nitrogen and oxygen atoms in total. The van der Waals surface area contributed by atoms with Crippen LogP contribution < -0.4 is 0 Å². The van der Waals surface area contributed by atoms with Crippen molar-refractivity contribution >= 4 is 40.3 Å². The molecule has 5 heteroatoms. The number of rotatable bonds is 6. The number of nitrogens with zero attached hydrogens (tertiary/aromatic N) is 2. The van der Waals surface area contributed by atoms with Crippen molar-refractivity contribution in [2.75, 3.05) is 6.16 Å². The predicted molar refractivity (Wildman–Crippen MR) is 208 cm³/mol. The van der Waals surface area contributed by atoms with Gasteiger partial charge in [-0.2, -0.15) is 0 Å². The molecule has 12 heterocycles. The van der Waals surface area contributed by atoms with Crippen LogP contribution in [-0.4, -0.2) is 16.1 Å². The number of hydrogen-bond donors (Lipinski definition) is 0. The number of pyridine rings is 2. The second-order valence-corrected chi connectivity index (χ2v) is 46.5. The van der Waals surface area contributed by atoms with E-state index in [1.807, 2.05) is 5.56 Å². The second-order valence-electron chi connectivity index (χ2n) is 22.4. The number of benzene rings is 3. The Morgan fingerprint density at radius 1 is 0.608 bits per heavy atom. The van der Waals surface area contributed by atoms with E-state index in [0.717, 1.165) is 68.4 Å². The molecule has 14 aliphatic rings. The van der Waals surface area contributed by atoms with Gasteiger partial charge < -0.3 is 0 Å². The molecule has 10 saturated heterocycles. The summed E-state index contributed by atoms with van der Waals surface area (Å²) in [6, 6.07) is 40.2. The average molecular weight is 743 g/mol. The van der Waals surface area contributed by atoms with Crippen LogP contribution in [-0.2, 0) is 16.0 Å². The SMILES string of the molecule is PCC1([C]23[CH]4[C]5(c6ccccc6)[CH]6[C]2(C(P)(c2ccc7ccccc7n2)c2ccc7ccccc7n2)[Fe]64532789[CH]3[CH]2[CH]7[CH]8[CH]39)C2CC3CC(C2)CC1C3. The molecular formula is C46H44FeN2P2. The Bertz CT molecular complexity index is 2930. The maximum absolute atomic E-state index is 5.86. The fourth-order valence-electron chi connectivity index (χ4n) is 29.0. The molecule has 0 N–H and O–H groups in total. The van der Waals surface area contributed by atoms with E-state index < -0.39 is 6.51 Å². The number of fused-ring (bicyclic) bond motifs is 13. The summed E-state index contributed by atoms with van der Waals surface area (Å²) < 4.78 is 1.53. The Hall–Kier alpha value is -2.14. The minimum atomic E-state index is -4.63. The molecule has 7 unspecified atom stereocenters. The predicted octanol–water partition coefficient (Wildman–Crippen LogP) is 11.5. The second kappa shape index (κ2) is 4.56. The molecule has 19 rings (SSSR count). The molecule has 4 aliphatic carbocycles. The first kappa shape index (κ1) is 25.8. The van der Waals surface area contributed by atoms with E-state index in [-0.39, 0.29) is 5.16 Å². The van der Waals surface area contributed by atoms with Gasteiger partial charge in [0.25, 0.3) is 0 Å². The molecule has 10 aliphatic heterocycles. The van der Waals surface area contributed by atoms with Gasteiger partial charge >= 0.3 is 296 Å². The fraction of sp³-hybridized carbons (Fsp3) is 0.478. The van der Waals surface area contributed by atoms with Crippen molar-refractivity contribution in [3.05, 3.63) is 120 Å². The molecule has 4 bridgehead atoms. The number of para-hydroxylation sites is 2. The molecule has 7 atom stereocenters. The first-order valence-electron chi connectivity index (χ1n) is 20.3. The molecule has 14 fully saturated rings. The molecule has 1 spiro atoms. The Balaban J connectivity index is 1.04. The van der Waals surface area contributed by atoms with Crippen molar-refractivity contribution in [1.29, 1.82) is 0 Å². The third-order valence-electron chi connectivity index (χ3n) is 26.4. The van der Waals surface area contributed by atoms with E-state index in [1.54, 1.807) is 32.1 Å². The maximum atomic E-state index is 5.86. The summed E-state index contributed by atoms with van der Waals surface area (Å²) in [6.45, 7) is -4.63. The van der Waals surface area contributed by atoms with Crippen LogP contribution in [0.15, 0.2) is 103 Å². The third kappa shape index (κ3) is 0.790. The van der Waals surface area contributed by atoms with Gasteiger partial charge in [-0.3, -0.25) is 0 Å². The summed E-state index contributed by atoms with van der Waals surface area (Å²) >= 11 is 0. The molecular weight excluding hydrogens is 698 g/mol. The molecule has 256 valence electrons. The topological polar surface area (TPSA) is 25.8 Å². The van der Waals surface area contributed by atoms with Gasteiger partial charge in [0.2, 0.25) is 0 Å². The van der Waals surface area contributed by atoms with E-state index >= 15 is 0 Å². The molecule has 4 saturated carbocycles. The molecule has 0 radical (unpaired) electrons. The van der Waals surface area contributed by atoms with Crippen LogP contribution in [0, 0.1) is 29.1 Å².